The van der Waals surface area contributed by atoms with E-state index < -0.39 is 6.10 Å². The number of unbranched alkanes of at least 4 members (excludes halogenated alkanes) is 20. The molecule has 5 heteroatoms. The molecule has 344 valence electrons. The maximum atomic E-state index is 12.8. The van der Waals surface area contributed by atoms with E-state index in [1.165, 1.54) is 96.3 Å². The third-order valence-electron chi connectivity index (χ3n) is 10.4. The highest BCUT2D eigenvalue weighted by Crippen LogP contribution is 2.13. The highest BCUT2D eigenvalue weighted by atomic mass is 16.6. The Morgan fingerprint density at radius 1 is 0.383 bits per heavy atom. The van der Waals surface area contributed by atoms with Crippen LogP contribution in [0.25, 0.3) is 0 Å². The topological polar surface area (TPSA) is 61.8 Å². The van der Waals surface area contributed by atoms with Crippen molar-refractivity contribution in [1.29, 1.82) is 0 Å². The Morgan fingerprint density at radius 2 is 0.783 bits per heavy atom. The second kappa shape index (κ2) is 50.4. The standard InChI is InChI=1S/C55H94O5/c1-4-7-10-13-16-19-22-25-28-30-33-36-39-42-45-48-54(56)59-52-53(51-58-50-47-44-41-38-35-32-27-24-21-18-15-12-9-6-3)60-55(57)49-46-43-40-37-34-31-29-26-23-20-17-14-11-8-5-2/h7,10,12,15-17,19-21,24-26,28-29,53H,4-6,8-9,11,13-14,18,22-23,27,30-52H2,1-3H3/b10-7-,15-12-,19-16-,20-17-,24-21-,28-25-,29-26-. The molecule has 0 aromatic heterocycles. The molecule has 0 spiro atoms. The number of hydrogen-bond donors (Lipinski definition) is 0. The first-order valence-corrected chi connectivity index (χ1v) is 25.1. The highest BCUT2D eigenvalue weighted by molar-refractivity contribution is 5.70. The van der Waals surface area contributed by atoms with Crippen LogP contribution in [0.1, 0.15) is 226 Å². The number of carbonyl (C=O) groups is 2. The van der Waals surface area contributed by atoms with Crippen molar-refractivity contribution in [2.24, 2.45) is 0 Å². The lowest BCUT2D eigenvalue weighted by Gasteiger charge is -2.18. The zero-order valence-corrected chi connectivity index (χ0v) is 39.5. The molecule has 0 aliphatic carbocycles. The zero-order valence-electron chi connectivity index (χ0n) is 39.5. The molecule has 1 unspecified atom stereocenters. The summed E-state index contributed by atoms with van der Waals surface area (Å²) in [7, 11) is 0. The highest BCUT2D eigenvalue weighted by Gasteiger charge is 2.17. The van der Waals surface area contributed by atoms with Crippen LogP contribution in [0.15, 0.2) is 85.1 Å². The van der Waals surface area contributed by atoms with Crippen LogP contribution in [0, 0.1) is 0 Å². The summed E-state index contributed by atoms with van der Waals surface area (Å²) in [6.07, 6.45) is 65.8. The van der Waals surface area contributed by atoms with E-state index in [-0.39, 0.29) is 25.2 Å². The summed E-state index contributed by atoms with van der Waals surface area (Å²) in [4.78, 5) is 25.4. The average molecular weight is 835 g/mol. The van der Waals surface area contributed by atoms with E-state index in [1.54, 1.807) is 0 Å². The minimum absolute atomic E-state index is 0.0627. The molecule has 5 nitrogen and oxygen atoms in total. The van der Waals surface area contributed by atoms with Gasteiger partial charge in [-0.05, 0) is 109 Å². The fraction of sp³-hybridized carbons (Fsp3) is 0.709. The molecule has 0 rings (SSSR count). The summed E-state index contributed by atoms with van der Waals surface area (Å²) < 4.78 is 17.4. The maximum absolute atomic E-state index is 12.8. The van der Waals surface area contributed by atoms with Gasteiger partial charge in [0.15, 0.2) is 6.10 Å². The summed E-state index contributed by atoms with van der Waals surface area (Å²) in [6, 6.07) is 0. The SMILES string of the molecule is CC/C=C\C/C=C\C/C=C\CCCCCCCC(=O)OCC(COCCCCCCCC/C=C\C/C=C\CCC)OC(=O)CCCCCCC/C=C\C/C=C\CCCCC. The van der Waals surface area contributed by atoms with Gasteiger partial charge in [-0.3, -0.25) is 9.59 Å². The van der Waals surface area contributed by atoms with Gasteiger partial charge in [-0.2, -0.15) is 0 Å². The van der Waals surface area contributed by atoms with E-state index in [1.807, 2.05) is 0 Å². The van der Waals surface area contributed by atoms with Gasteiger partial charge >= 0.3 is 11.9 Å². The molecule has 0 saturated carbocycles. The Bertz CT molecular complexity index is 1130. The van der Waals surface area contributed by atoms with E-state index >= 15 is 0 Å². The molecular formula is C55H94O5. The Hall–Kier alpha value is -2.92. The van der Waals surface area contributed by atoms with Crippen molar-refractivity contribution in [2.75, 3.05) is 19.8 Å². The summed E-state index contributed by atoms with van der Waals surface area (Å²) in [5.41, 5.74) is 0. The van der Waals surface area contributed by atoms with Gasteiger partial charge in [-0.25, -0.2) is 0 Å². The maximum Gasteiger partial charge on any atom is 0.306 e. The number of carbonyl (C=O) groups excluding carboxylic acids is 2. The lowest BCUT2D eigenvalue weighted by molar-refractivity contribution is -0.163. The van der Waals surface area contributed by atoms with Crippen LogP contribution in [-0.2, 0) is 23.8 Å². The summed E-state index contributed by atoms with van der Waals surface area (Å²) in [5, 5.41) is 0. The van der Waals surface area contributed by atoms with Gasteiger partial charge < -0.3 is 14.2 Å². The Labute approximate surface area is 371 Å². The third kappa shape index (κ3) is 47.8. The molecular weight excluding hydrogens is 741 g/mol. The van der Waals surface area contributed by atoms with E-state index in [2.05, 4.69) is 106 Å². The average Bonchev–Trinajstić information content (AvgIpc) is 3.25. The summed E-state index contributed by atoms with van der Waals surface area (Å²) in [5.74, 6) is -0.440. The van der Waals surface area contributed by atoms with Crippen molar-refractivity contribution in [2.45, 2.75) is 232 Å². The van der Waals surface area contributed by atoms with Crippen LogP contribution in [0.3, 0.4) is 0 Å². The van der Waals surface area contributed by atoms with E-state index in [4.69, 9.17) is 14.2 Å². The lowest BCUT2D eigenvalue weighted by Crippen LogP contribution is -2.30. The van der Waals surface area contributed by atoms with Crippen molar-refractivity contribution in [3.63, 3.8) is 0 Å². The minimum atomic E-state index is -0.559. The van der Waals surface area contributed by atoms with Crippen molar-refractivity contribution < 1.29 is 23.8 Å². The van der Waals surface area contributed by atoms with Crippen LogP contribution < -0.4 is 0 Å². The number of rotatable bonds is 45. The van der Waals surface area contributed by atoms with E-state index in [0.717, 1.165) is 96.3 Å². The van der Waals surface area contributed by atoms with Crippen molar-refractivity contribution in [3.05, 3.63) is 85.1 Å². The predicted molar refractivity (Wildman–Crippen MR) is 260 cm³/mol. The van der Waals surface area contributed by atoms with Crippen molar-refractivity contribution >= 4 is 11.9 Å². The fourth-order valence-corrected chi connectivity index (χ4v) is 6.65. The monoisotopic (exact) mass is 835 g/mol. The first-order valence-electron chi connectivity index (χ1n) is 25.1. The molecule has 0 amide bonds. The Balaban J connectivity index is 4.35. The number of hydrogen-bond acceptors (Lipinski definition) is 5. The first kappa shape index (κ1) is 57.1. The number of allylic oxidation sites excluding steroid dienone is 14. The molecule has 0 aromatic rings. The first-order chi connectivity index (χ1) is 29.6. The van der Waals surface area contributed by atoms with Crippen LogP contribution in [0.2, 0.25) is 0 Å². The van der Waals surface area contributed by atoms with Crippen LogP contribution in [0.5, 0.6) is 0 Å². The lowest BCUT2D eigenvalue weighted by atomic mass is 10.1. The molecule has 0 bridgehead atoms. The zero-order chi connectivity index (χ0) is 43.5. The second-order valence-corrected chi connectivity index (χ2v) is 16.3. The number of ether oxygens (including phenoxy) is 3. The fourth-order valence-electron chi connectivity index (χ4n) is 6.65. The molecule has 1 atom stereocenters. The molecule has 0 aliphatic heterocycles. The Morgan fingerprint density at radius 3 is 1.27 bits per heavy atom. The van der Waals surface area contributed by atoms with Gasteiger partial charge in [-0.1, -0.05) is 189 Å². The Kier molecular flexibility index (Phi) is 48.0. The molecule has 60 heavy (non-hydrogen) atoms. The van der Waals surface area contributed by atoms with Gasteiger partial charge in [0.05, 0.1) is 6.61 Å². The number of esters is 2. The van der Waals surface area contributed by atoms with E-state index in [0.29, 0.717) is 19.4 Å². The molecule has 0 saturated heterocycles. The summed E-state index contributed by atoms with van der Waals surface area (Å²) >= 11 is 0. The quantitative estimate of drug-likeness (QED) is 0.0347. The van der Waals surface area contributed by atoms with Gasteiger partial charge in [-0.15, -0.1) is 0 Å². The smallest absolute Gasteiger partial charge is 0.306 e. The van der Waals surface area contributed by atoms with Crippen molar-refractivity contribution in [3.8, 4) is 0 Å². The molecule has 0 aromatic carbocycles. The molecule has 0 heterocycles. The van der Waals surface area contributed by atoms with Gasteiger partial charge in [0.25, 0.3) is 0 Å². The van der Waals surface area contributed by atoms with Gasteiger partial charge in [0.2, 0.25) is 0 Å². The molecule has 0 fully saturated rings. The largest absolute Gasteiger partial charge is 0.462 e. The van der Waals surface area contributed by atoms with Crippen LogP contribution in [-0.4, -0.2) is 37.9 Å². The van der Waals surface area contributed by atoms with Crippen LogP contribution in [0.4, 0.5) is 0 Å². The molecule has 0 aliphatic rings. The van der Waals surface area contributed by atoms with Gasteiger partial charge in [0, 0.05) is 19.4 Å². The summed E-state index contributed by atoms with van der Waals surface area (Å²) in [6.45, 7) is 7.57. The van der Waals surface area contributed by atoms with Crippen LogP contribution >= 0.6 is 0 Å². The predicted octanol–water partition coefficient (Wildman–Crippen LogP) is 16.9. The second-order valence-electron chi connectivity index (χ2n) is 16.3. The van der Waals surface area contributed by atoms with Crippen molar-refractivity contribution in [1.82, 2.24) is 0 Å². The molecule has 0 N–H and O–H groups in total. The normalized spacial score (nSPS) is 12.9. The van der Waals surface area contributed by atoms with E-state index in [9.17, 15) is 9.59 Å². The van der Waals surface area contributed by atoms with Gasteiger partial charge in [0.1, 0.15) is 6.61 Å². The molecule has 0 radical (unpaired) electrons. The minimum Gasteiger partial charge on any atom is -0.462 e. The third-order valence-corrected chi connectivity index (χ3v) is 10.4.